The van der Waals surface area contributed by atoms with Crippen LogP contribution in [0.25, 0.3) is 59.7 Å². The van der Waals surface area contributed by atoms with E-state index in [2.05, 4.69) is 136 Å². The van der Waals surface area contributed by atoms with Crippen LogP contribution in [-0.2, 0) is 10.8 Å². The highest BCUT2D eigenvalue weighted by atomic mass is 32.1. The molecule has 3 nitrogen and oxygen atoms in total. The molecule has 0 radical (unpaired) electrons. The lowest BCUT2D eigenvalue weighted by Gasteiger charge is -2.19. The van der Waals surface area contributed by atoms with Gasteiger partial charge >= 0.3 is 0 Å². The molecule has 4 heteroatoms. The highest BCUT2D eigenvalue weighted by molar-refractivity contribution is 7.13. The minimum atomic E-state index is 0.0536. The van der Waals surface area contributed by atoms with Crippen molar-refractivity contribution in [3.63, 3.8) is 0 Å². The average molecular weight is 540 g/mol. The quantitative estimate of drug-likeness (QED) is 0.205. The van der Waals surface area contributed by atoms with Crippen molar-refractivity contribution >= 4 is 54.7 Å². The molecule has 7 aromatic rings. The van der Waals surface area contributed by atoms with E-state index < -0.39 is 0 Å². The third-order valence-electron chi connectivity index (χ3n) is 8.09. The van der Waals surface area contributed by atoms with Gasteiger partial charge in [-0.3, -0.25) is 4.57 Å². The number of rotatable bonds is 2. The summed E-state index contributed by atoms with van der Waals surface area (Å²) in [4.78, 5) is 1.13. The summed E-state index contributed by atoms with van der Waals surface area (Å²) in [5.74, 6) is 0.869. The lowest BCUT2D eigenvalue weighted by molar-refractivity contribution is 0.590. The largest absolute Gasteiger partial charge is 0.292 e. The molecule has 0 bridgehead atoms. The third-order valence-corrected chi connectivity index (χ3v) is 8.97. The van der Waals surface area contributed by atoms with Gasteiger partial charge in [-0.1, -0.05) is 84.0 Å². The van der Waals surface area contributed by atoms with Gasteiger partial charge in [0.2, 0.25) is 0 Å². The Morgan fingerprint density at radius 2 is 1.15 bits per heavy atom. The molecule has 0 aliphatic carbocycles. The Morgan fingerprint density at radius 1 is 0.575 bits per heavy atom. The normalized spacial score (nSPS) is 12.8. The van der Waals surface area contributed by atoms with E-state index in [4.69, 9.17) is 10.2 Å². The molecular formula is C36H33N3S. The van der Waals surface area contributed by atoms with Gasteiger partial charge in [0, 0.05) is 21.5 Å². The Morgan fingerprint density at radius 3 is 1.68 bits per heavy atom. The number of thiophene rings is 1. The first-order valence-electron chi connectivity index (χ1n) is 13.9. The fraction of sp³-hybridized carbons (Fsp3) is 0.222. The van der Waals surface area contributed by atoms with E-state index in [1.54, 1.807) is 11.3 Å². The van der Waals surface area contributed by atoms with Gasteiger partial charge in [0.1, 0.15) is 5.69 Å². The Labute approximate surface area is 239 Å². The fourth-order valence-electron chi connectivity index (χ4n) is 5.77. The van der Waals surface area contributed by atoms with Gasteiger partial charge in [-0.2, -0.15) is 0 Å². The summed E-state index contributed by atoms with van der Waals surface area (Å²) >= 11 is 1.70. The van der Waals surface area contributed by atoms with Gasteiger partial charge < -0.3 is 0 Å². The topological polar surface area (TPSA) is 30.7 Å². The van der Waals surface area contributed by atoms with Crippen LogP contribution in [0, 0.1) is 0 Å². The minimum absolute atomic E-state index is 0.0536. The molecule has 0 aliphatic rings. The Kier molecular flexibility index (Phi) is 5.46. The van der Waals surface area contributed by atoms with Crippen LogP contribution < -0.4 is 0 Å². The number of aromatic nitrogens is 3. The lowest BCUT2D eigenvalue weighted by atomic mass is 9.85. The van der Waals surface area contributed by atoms with Crippen molar-refractivity contribution in [1.82, 2.24) is 14.8 Å². The molecule has 3 heterocycles. The molecule has 0 fully saturated rings. The van der Waals surface area contributed by atoms with Gasteiger partial charge in [0.05, 0.1) is 15.9 Å². The van der Waals surface area contributed by atoms with E-state index in [1.165, 1.54) is 32.7 Å². The maximum atomic E-state index is 4.97. The van der Waals surface area contributed by atoms with E-state index in [0.29, 0.717) is 0 Å². The number of hydrogen-bond acceptors (Lipinski definition) is 3. The molecule has 3 aromatic heterocycles. The van der Waals surface area contributed by atoms with Crippen molar-refractivity contribution in [2.75, 3.05) is 0 Å². The smallest absolute Gasteiger partial charge is 0.168 e. The van der Waals surface area contributed by atoms with Gasteiger partial charge in [0.15, 0.2) is 5.82 Å². The number of nitrogens with zero attached hydrogens (tertiary/aromatic N) is 3. The Balaban J connectivity index is 1.62. The summed E-state index contributed by atoms with van der Waals surface area (Å²) in [5.41, 5.74) is 6.01. The summed E-state index contributed by atoms with van der Waals surface area (Å²) in [5, 5.41) is 19.1. The molecule has 0 N–H and O–H groups in total. The van der Waals surface area contributed by atoms with E-state index in [0.717, 1.165) is 38.2 Å². The first-order chi connectivity index (χ1) is 19.1. The fourth-order valence-corrected chi connectivity index (χ4v) is 6.49. The zero-order chi connectivity index (χ0) is 27.8. The van der Waals surface area contributed by atoms with Crippen LogP contribution in [0.5, 0.6) is 0 Å². The third kappa shape index (κ3) is 3.93. The molecule has 40 heavy (non-hydrogen) atoms. The van der Waals surface area contributed by atoms with Crippen molar-refractivity contribution in [2.45, 2.75) is 52.4 Å². The van der Waals surface area contributed by atoms with Crippen LogP contribution in [-0.4, -0.2) is 14.8 Å². The molecular weight excluding hydrogens is 506 g/mol. The van der Waals surface area contributed by atoms with Gasteiger partial charge in [-0.25, -0.2) is 0 Å². The number of benzene rings is 4. The van der Waals surface area contributed by atoms with Gasteiger partial charge in [0.25, 0.3) is 0 Å². The summed E-state index contributed by atoms with van der Waals surface area (Å²) in [7, 11) is 0. The summed E-state index contributed by atoms with van der Waals surface area (Å²) in [6, 6.07) is 31.2. The molecule has 198 valence electrons. The van der Waals surface area contributed by atoms with E-state index in [1.807, 2.05) is 0 Å². The molecule has 7 rings (SSSR count). The Hall–Kier alpha value is -4.02. The van der Waals surface area contributed by atoms with E-state index >= 15 is 0 Å². The molecule has 0 aliphatic heterocycles. The van der Waals surface area contributed by atoms with Crippen LogP contribution >= 0.6 is 11.3 Å². The standard InChI is InChI=1S/C36H33N3S/c1-35(2,3)24-13-15-30-26(20-24)27-21-25(36(4,5)6)14-16-31(27)39(30)34-29-19-23-11-8-7-10-22(23)18-28(29)33(37-38-34)32-12-9-17-40-32/h7-21H,1-6H3. The van der Waals surface area contributed by atoms with Gasteiger partial charge in [-0.05, 0) is 80.6 Å². The van der Waals surface area contributed by atoms with Crippen LogP contribution in [0.15, 0.2) is 90.3 Å². The highest BCUT2D eigenvalue weighted by Crippen LogP contribution is 2.40. The molecule has 4 aromatic carbocycles. The maximum absolute atomic E-state index is 4.97. The summed E-state index contributed by atoms with van der Waals surface area (Å²) in [6.45, 7) is 13.7. The maximum Gasteiger partial charge on any atom is 0.168 e. The zero-order valence-corrected chi connectivity index (χ0v) is 24.7. The lowest BCUT2D eigenvalue weighted by Crippen LogP contribution is -2.10. The van der Waals surface area contributed by atoms with Gasteiger partial charge in [-0.15, -0.1) is 21.5 Å². The first kappa shape index (κ1) is 25.0. The molecule has 0 spiro atoms. The average Bonchev–Trinajstić information content (AvgIpc) is 3.56. The second kappa shape index (κ2) is 8.74. The molecule has 0 unspecified atom stereocenters. The zero-order valence-electron chi connectivity index (χ0n) is 23.9. The number of fused-ring (bicyclic) bond motifs is 5. The second-order valence-corrected chi connectivity index (χ2v) is 13.8. The molecule has 0 amide bonds. The van der Waals surface area contributed by atoms with E-state index in [-0.39, 0.29) is 10.8 Å². The molecule has 0 saturated heterocycles. The Bertz CT molecular complexity index is 2000. The van der Waals surface area contributed by atoms with Crippen LogP contribution in [0.4, 0.5) is 0 Å². The van der Waals surface area contributed by atoms with Crippen molar-refractivity contribution in [1.29, 1.82) is 0 Å². The van der Waals surface area contributed by atoms with Crippen molar-refractivity contribution in [2.24, 2.45) is 0 Å². The van der Waals surface area contributed by atoms with Crippen molar-refractivity contribution in [3.05, 3.63) is 101 Å². The second-order valence-electron chi connectivity index (χ2n) is 12.9. The van der Waals surface area contributed by atoms with Crippen molar-refractivity contribution in [3.8, 4) is 16.4 Å². The number of hydrogen-bond donors (Lipinski definition) is 0. The summed E-state index contributed by atoms with van der Waals surface area (Å²) < 4.78 is 2.33. The SMILES string of the molecule is CC(C)(C)c1ccc2c(c1)c1cc(C(C)(C)C)ccc1n2-c1nnc(-c2cccs2)c2cc3ccccc3cc12. The highest BCUT2D eigenvalue weighted by Gasteiger charge is 2.23. The predicted molar refractivity (Wildman–Crippen MR) is 172 cm³/mol. The minimum Gasteiger partial charge on any atom is -0.292 e. The van der Waals surface area contributed by atoms with Crippen LogP contribution in [0.1, 0.15) is 52.7 Å². The van der Waals surface area contributed by atoms with Crippen molar-refractivity contribution < 1.29 is 0 Å². The predicted octanol–water partition coefficient (Wildman–Crippen LogP) is 10.2. The molecule has 0 atom stereocenters. The molecule has 0 saturated carbocycles. The summed E-state index contributed by atoms with van der Waals surface area (Å²) in [6.07, 6.45) is 0. The first-order valence-corrected chi connectivity index (χ1v) is 14.8. The van der Waals surface area contributed by atoms with Crippen LogP contribution in [0.2, 0.25) is 0 Å². The monoisotopic (exact) mass is 539 g/mol. The van der Waals surface area contributed by atoms with Crippen LogP contribution in [0.3, 0.4) is 0 Å². The van der Waals surface area contributed by atoms with E-state index in [9.17, 15) is 0 Å².